The summed E-state index contributed by atoms with van der Waals surface area (Å²) in [5.74, 6) is -1.13. The second-order valence-electron chi connectivity index (χ2n) is 26.9. The number of fused-ring (bicyclic) bond motifs is 2. The summed E-state index contributed by atoms with van der Waals surface area (Å²) < 4.78 is 37.2. The number of piperidine rings is 1. The van der Waals surface area contributed by atoms with Crippen molar-refractivity contribution in [3.05, 3.63) is 23.3 Å². The molecule has 2 heterocycles. The van der Waals surface area contributed by atoms with Gasteiger partial charge in [-0.15, -0.1) is 0 Å². The van der Waals surface area contributed by atoms with Crippen molar-refractivity contribution in [1.29, 1.82) is 0 Å². The number of nitrogens with zero attached hydrogens (tertiary/aromatic N) is 1. The molecule has 12 heteroatoms. The molecule has 5 fully saturated rings. The van der Waals surface area contributed by atoms with E-state index in [1.54, 1.807) is 7.11 Å². The van der Waals surface area contributed by atoms with Crippen LogP contribution < -0.4 is 9.47 Å². The summed E-state index contributed by atoms with van der Waals surface area (Å²) in [7, 11) is 1.78. The Morgan fingerprint density at radius 1 is 0.671 bits per heavy atom. The zero-order valence-electron chi connectivity index (χ0n) is 50.8. The first-order chi connectivity index (χ1) is 38.1. The molecule has 12 nitrogen and oxygen atoms in total. The fourth-order valence-corrected chi connectivity index (χ4v) is 15.4. The molecule has 0 amide bonds. The first-order valence-electron chi connectivity index (χ1n) is 32.6. The maximum absolute atomic E-state index is 13.9. The minimum atomic E-state index is -1.09. The van der Waals surface area contributed by atoms with Gasteiger partial charge in [-0.25, -0.2) is 0 Å². The van der Waals surface area contributed by atoms with Crippen LogP contribution in [0.5, 0.6) is 11.5 Å². The summed E-state index contributed by atoms with van der Waals surface area (Å²) in [5, 5.41) is 12.7. The van der Waals surface area contributed by atoms with Crippen LogP contribution in [-0.4, -0.2) is 96.7 Å². The van der Waals surface area contributed by atoms with Gasteiger partial charge in [-0.2, -0.15) is 0 Å². The number of rotatable bonds is 40. The molecule has 448 valence electrons. The van der Waals surface area contributed by atoms with Crippen LogP contribution in [0.25, 0.3) is 0 Å². The third kappa shape index (κ3) is 15.5. The van der Waals surface area contributed by atoms with Gasteiger partial charge >= 0.3 is 23.9 Å². The SMILES string of the molecule is CCCCCCCCCCCCCCCC(=O)OCC(COC(=O)CCCCCCCCCCCCCCC)OC(=O)CC(=O)Oc1ccc2c3c1O[C@H]1[C@@]4(OC)CC[C@@]5(C[C@@H]4[C@](C)(O)C(C)(C)C)C(C2)N(CC2CC2)CC[C@]315. The summed E-state index contributed by atoms with van der Waals surface area (Å²) in [5.41, 5.74) is -0.563. The summed E-state index contributed by atoms with van der Waals surface area (Å²) in [6.45, 7) is 14.3. The molecular weight excluding hydrogens is 995 g/mol. The maximum Gasteiger partial charge on any atom is 0.322 e. The van der Waals surface area contributed by atoms with Gasteiger partial charge in [-0.05, 0) is 94.2 Å². The minimum absolute atomic E-state index is 0.184. The van der Waals surface area contributed by atoms with E-state index in [4.69, 9.17) is 28.4 Å². The summed E-state index contributed by atoms with van der Waals surface area (Å²) >= 11 is 0. The lowest BCUT2D eigenvalue weighted by Gasteiger charge is -2.75. The van der Waals surface area contributed by atoms with Gasteiger partial charge < -0.3 is 33.5 Å². The van der Waals surface area contributed by atoms with Gasteiger partial charge in [0.1, 0.15) is 31.3 Å². The van der Waals surface area contributed by atoms with Crippen molar-refractivity contribution in [1.82, 2.24) is 4.90 Å². The van der Waals surface area contributed by atoms with E-state index in [0.29, 0.717) is 18.6 Å². The fraction of sp³-hybridized carbons (Fsp3) is 0.851. The van der Waals surface area contributed by atoms with Gasteiger partial charge in [0.15, 0.2) is 17.6 Å². The Labute approximate surface area is 478 Å². The number of carbonyl (C=O) groups is 4. The molecular formula is C67H109NO11. The smallest absolute Gasteiger partial charge is 0.322 e. The fourth-order valence-electron chi connectivity index (χ4n) is 15.4. The lowest BCUT2D eigenvalue weighted by atomic mass is 9.33. The number of carbonyl (C=O) groups excluding carboxylic acids is 4. The molecule has 1 aromatic rings. The molecule has 0 radical (unpaired) electrons. The Balaban J connectivity index is 0.938. The Bertz CT molecular complexity index is 2050. The quantitative estimate of drug-likeness (QED) is 0.0219. The van der Waals surface area contributed by atoms with Crippen molar-refractivity contribution in [3.63, 3.8) is 0 Å². The van der Waals surface area contributed by atoms with E-state index in [1.807, 2.05) is 13.0 Å². The Morgan fingerprint density at radius 3 is 1.66 bits per heavy atom. The van der Waals surface area contributed by atoms with Crippen LogP contribution >= 0.6 is 0 Å². The molecule has 2 spiro atoms. The van der Waals surface area contributed by atoms with Crippen LogP contribution in [0.3, 0.4) is 0 Å². The van der Waals surface area contributed by atoms with Crippen LogP contribution in [0.15, 0.2) is 12.1 Å². The number of hydrogen-bond donors (Lipinski definition) is 1. The molecule has 1 aromatic carbocycles. The lowest BCUT2D eigenvalue weighted by molar-refractivity contribution is -0.312. The molecule has 7 aliphatic rings. The number of ether oxygens (including phenoxy) is 6. The number of hydrogen-bond acceptors (Lipinski definition) is 12. The summed E-state index contributed by atoms with van der Waals surface area (Å²) in [4.78, 5) is 56.3. The number of aliphatic hydroxyl groups is 1. The van der Waals surface area contributed by atoms with E-state index in [2.05, 4.69) is 45.6 Å². The number of benzene rings is 1. The third-order valence-electron chi connectivity index (χ3n) is 20.5. The van der Waals surface area contributed by atoms with Crippen molar-refractivity contribution >= 4 is 23.9 Å². The normalized spacial score (nSPS) is 25.4. The third-order valence-corrected chi connectivity index (χ3v) is 20.5. The van der Waals surface area contributed by atoms with E-state index in [0.717, 1.165) is 95.2 Å². The number of unbranched alkanes of at least 4 members (excludes halogenated alkanes) is 24. The predicted molar refractivity (Wildman–Crippen MR) is 311 cm³/mol. The number of esters is 4. The largest absolute Gasteiger partial charge is 0.482 e. The average Bonchev–Trinajstić information content (AvgIpc) is 2.13. The predicted octanol–water partition coefficient (Wildman–Crippen LogP) is 15.0. The van der Waals surface area contributed by atoms with Crippen LogP contribution in [0.2, 0.25) is 0 Å². The minimum Gasteiger partial charge on any atom is -0.482 e. The van der Waals surface area contributed by atoms with Gasteiger partial charge in [-0.3, -0.25) is 24.1 Å². The first-order valence-corrected chi connectivity index (χ1v) is 32.6. The number of methoxy groups -OCH3 is 1. The van der Waals surface area contributed by atoms with Crippen LogP contribution in [0, 0.1) is 22.7 Å². The zero-order valence-corrected chi connectivity index (χ0v) is 50.8. The monoisotopic (exact) mass is 1100 g/mol. The Morgan fingerprint density at radius 2 is 1.18 bits per heavy atom. The molecule has 79 heavy (non-hydrogen) atoms. The van der Waals surface area contributed by atoms with E-state index >= 15 is 0 Å². The maximum atomic E-state index is 13.9. The van der Waals surface area contributed by atoms with E-state index in [-0.39, 0.29) is 49.2 Å². The standard InChI is InChI=1S/C67H109NO11/c1-8-10-12-14-16-18-20-22-24-26-28-30-32-34-56(69)75-48-52(49-76-57(70)35-33-31-29-27-25-23-21-19-17-15-13-11-9-2)77-58(71)45-59(72)78-53-39-38-51-44-55-65-40-41-67(74-7,54(46-65)64(6,73)63(3,4)5)62-66(65,60(51)61(53)79-62)42-43-68(55)47-50-36-37-50/h38-39,50,52,54-55,62,73H,8-37,40-49H2,1-7H3/t54-,55?,62-,64+,65-,66+,67-/m1/s1. The van der Waals surface area contributed by atoms with Gasteiger partial charge in [0.2, 0.25) is 0 Å². The summed E-state index contributed by atoms with van der Waals surface area (Å²) in [6.07, 6.45) is 36.5. The van der Waals surface area contributed by atoms with Gasteiger partial charge in [0.25, 0.3) is 0 Å². The highest BCUT2D eigenvalue weighted by molar-refractivity contribution is 5.92. The summed E-state index contributed by atoms with van der Waals surface area (Å²) in [6, 6.07) is 4.19. The topological polar surface area (TPSA) is 147 Å². The molecule has 0 aromatic heterocycles. The molecule has 4 bridgehead atoms. The lowest BCUT2D eigenvalue weighted by Crippen LogP contribution is -2.83. The van der Waals surface area contributed by atoms with E-state index < -0.39 is 64.5 Å². The van der Waals surface area contributed by atoms with E-state index in [9.17, 15) is 24.3 Å². The van der Waals surface area contributed by atoms with Gasteiger partial charge in [0, 0.05) is 54.8 Å². The molecule has 1 N–H and O–H groups in total. The van der Waals surface area contributed by atoms with Crippen LogP contribution in [0.1, 0.15) is 277 Å². The van der Waals surface area contributed by atoms with Crippen LogP contribution in [0.4, 0.5) is 0 Å². The average molecular weight is 1100 g/mol. The van der Waals surface area contributed by atoms with Gasteiger partial charge in [0.05, 0.1) is 5.60 Å². The molecule has 1 unspecified atom stereocenters. The Hall–Kier alpha value is -3.22. The highest BCUT2D eigenvalue weighted by Crippen LogP contribution is 2.78. The highest BCUT2D eigenvalue weighted by atomic mass is 16.6. The van der Waals surface area contributed by atoms with Crippen molar-refractivity contribution in [2.45, 2.75) is 308 Å². The molecule has 4 saturated carbocycles. The van der Waals surface area contributed by atoms with Crippen molar-refractivity contribution < 1.29 is 52.7 Å². The van der Waals surface area contributed by atoms with E-state index in [1.165, 1.54) is 134 Å². The first kappa shape index (κ1) is 63.4. The molecule has 7 atom stereocenters. The van der Waals surface area contributed by atoms with Crippen molar-refractivity contribution in [2.24, 2.45) is 22.7 Å². The number of likely N-dealkylation sites (tertiary alicyclic amines) is 1. The molecule has 2 aliphatic heterocycles. The zero-order chi connectivity index (χ0) is 56.5. The second-order valence-corrected chi connectivity index (χ2v) is 26.9. The second kappa shape index (κ2) is 29.8. The molecule has 1 saturated heterocycles. The van der Waals surface area contributed by atoms with Crippen molar-refractivity contribution in [2.75, 3.05) is 33.4 Å². The Kier molecular flexibility index (Phi) is 23.9. The van der Waals surface area contributed by atoms with Crippen LogP contribution in [-0.2, 0) is 50.0 Å². The van der Waals surface area contributed by atoms with Crippen molar-refractivity contribution in [3.8, 4) is 11.5 Å². The van der Waals surface area contributed by atoms with Gasteiger partial charge in [-0.1, -0.05) is 195 Å². The molecule has 5 aliphatic carbocycles. The highest BCUT2D eigenvalue weighted by Gasteiger charge is 2.82. The molecule has 8 rings (SSSR count).